The maximum Gasteiger partial charge on any atom is 0.0328 e. The van der Waals surface area contributed by atoms with E-state index in [1.165, 1.54) is 49.2 Å². The number of aryl methyl sites for hydroxylation is 3. The van der Waals surface area contributed by atoms with Gasteiger partial charge in [0.25, 0.3) is 0 Å². The Bertz CT molecular complexity index is 471. The number of hydrogen-bond donors (Lipinski definition) is 1. The van der Waals surface area contributed by atoms with Crippen molar-refractivity contribution in [2.45, 2.75) is 52.6 Å². The summed E-state index contributed by atoms with van der Waals surface area (Å²) in [6.45, 7) is 12.8. The van der Waals surface area contributed by atoms with Gasteiger partial charge in [0.2, 0.25) is 0 Å². The number of piperidine rings is 1. The summed E-state index contributed by atoms with van der Waals surface area (Å²) >= 11 is 0. The summed E-state index contributed by atoms with van der Waals surface area (Å²) in [6, 6.07) is 5.97. The van der Waals surface area contributed by atoms with Crippen molar-refractivity contribution in [2.75, 3.05) is 19.6 Å². The standard InChI is InChI=1S/C18H28N2/c1-12-8-13(2)18(14(3)9-12)15(4)20-7-5-6-16-10-19-11-17(16)20/h8-9,15-17,19H,5-7,10-11H2,1-4H3. The zero-order chi connectivity index (χ0) is 14.3. The van der Waals surface area contributed by atoms with Gasteiger partial charge in [-0.3, -0.25) is 4.90 Å². The molecule has 1 N–H and O–H groups in total. The van der Waals surface area contributed by atoms with Gasteiger partial charge in [0, 0.05) is 18.6 Å². The van der Waals surface area contributed by atoms with Gasteiger partial charge in [-0.15, -0.1) is 0 Å². The van der Waals surface area contributed by atoms with Crippen LogP contribution in [0.1, 0.15) is 48.1 Å². The predicted molar refractivity (Wildman–Crippen MR) is 85.2 cm³/mol. The molecule has 3 atom stereocenters. The Balaban J connectivity index is 1.90. The van der Waals surface area contributed by atoms with Crippen molar-refractivity contribution in [3.8, 4) is 0 Å². The van der Waals surface area contributed by atoms with Crippen LogP contribution >= 0.6 is 0 Å². The van der Waals surface area contributed by atoms with E-state index in [0.717, 1.165) is 12.0 Å². The Morgan fingerprint density at radius 2 is 1.85 bits per heavy atom. The van der Waals surface area contributed by atoms with Gasteiger partial charge < -0.3 is 5.32 Å². The summed E-state index contributed by atoms with van der Waals surface area (Å²) in [7, 11) is 0. The molecular formula is C18H28N2. The van der Waals surface area contributed by atoms with E-state index in [1.807, 2.05) is 0 Å². The molecule has 2 fully saturated rings. The zero-order valence-electron chi connectivity index (χ0n) is 13.4. The molecular weight excluding hydrogens is 244 g/mol. The van der Waals surface area contributed by atoms with Crippen LogP contribution < -0.4 is 5.32 Å². The van der Waals surface area contributed by atoms with Crippen molar-refractivity contribution < 1.29 is 0 Å². The first-order chi connectivity index (χ1) is 9.58. The molecule has 2 saturated heterocycles. The van der Waals surface area contributed by atoms with E-state index in [2.05, 4.69) is 50.0 Å². The number of nitrogens with one attached hydrogen (secondary N) is 1. The van der Waals surface area contributed by atoms with Crippen molar-refractivity contribution in [3.63, 3.8) is 0 Å². The van der Waals surface area contributed by atoms with Crippen LogP contribution in [-0.4, -0.2) is 30.6 Å². The van der Waals surface area contributed by atoms with E-state index in [1.54, 1.807) is 5.56 Å². The monoisotopic (exact) mass is 272 g/mol. The first-order valence-electron chi connectivity index (χ1n) is 8.12. The lowest BCUT2D eigenvalue weighted by molar-refractivity contribution is 0.0842. The van der Waals surface area contributed by atoms with Crippen molar-refractivity contribution in [3.05, 3.63) is 34.4 Å². The zero-order valence-corrected chi connectivity index (χ0v) is 13.4. The van der Waals surface area contributed by atoms with Gasteiger partial charge in [-0.1, -0.05) is 17.7 Å². The lowest BCUT2D eigenvalue weighted by Gasteiger charge is -2.42. The van der Waals surface area contributed by atoms with Crippen molar-refractivity contribution in [1.29, 1.82) is 0 Å². The number of likely N-dealkylation sites (tertiary alicyclic amines) is 1. The Hall–Kier alpha value is -0.860. The van der Waals surface area contributed by atoms with E-state index >= 15 is 0 Å². The molecule has 110 valence electrons. The van der Waals surface area contributed by atoms with Crippen LogP contribution in [0.25, 0.3) is 0 Å². The van der Waals surface area contributed by atoms with Gasteiger partial charge in [-0.2, -0.15) is 0 Å². The highest BCUT2D eigenvalue weighted by Crippen LogP contribution is 2.35. The second-order valence-corrected chi connectivity index (χ2v) is 6.85. The minimum Gasteiger partial charge on any atom is -0.315 e. The third kappa shape index (κ3) is 2.40. The Morgan fingerprint density at radius 1 is 1.15 bits per heavy atom. The van der Waals surface area contributed by atoms with Gasteiger partial charge in [0.1, 0.15) is 0 Å². The summed E-state index contributed by atoms with van der Waals surface area (Å²) in [6.07, 6.45) is 2.77. The largest absolute Gasteiger partial charge is 0.315 e. The predicted octanol–water partition coefficient (Wildman–Crippen LogP) is 3.36. The number of fused-ring (bicyclic) bond motifs is 1. The van der Waals surface area contributed by atoms with Crippen molar-refractivity contribution in [1.82, 2.24) is 10.2 Å². The quantitative estimate of drug-likeness (QED) is 0.888. The molecule has 20 heavy (non-hydrogen) atoms. The Kier molecular flexibility index (Phi) is 3.87. The molecule has 0 radical (unpaired) electrons. The maximum atomic E-state index is 3.60. The molecule has 2 heteroatoms. The van der Waals surface area contributed by atoms with Crippen molar-refractivity contribution in [2.24, 2.45) is 5.92 Å². The average Bonchev–Trinajstić information content (AvgIpc) is 2.85. The molecule has 2 aliphatic heterocycles. The highest BCUT2D eigenvalue weighted by molar-refractivity contribution is 5.39. The molecule has 1 aromatic carbocycles. The van der Waals surface area contributed by atoms with E-state index < -0.39 is 0 Å². The molecule has 0 bridgehead atoms. The fourth-order valence-corrected chi connectivity index (χ4v) is 4.60. The molecule has 2 nitrogen and oxygen atoms in total. The van der Waals surface area contributed by atoms with Gasteiger partial charge in [-0.25, -0.2) is 0 Å². The van der Waals surface area contributed by atoms with Gasteiger partial charge in [0.05, 0.1) is 0 Å². The number of benzene rings is 1. The minimum absolute atomic E-state index is 0.545. The second-order valence-electron chi connectivity index (χ2n) is 6.85. The normalized spacial score (nSPS) is 28.4. The van der Waals surface area contributed by atoms with Crippen LogP contribution in [0.3, 0.4) is 0 Å². The first-order valence-corrected chi connectivity index (χ1v) is 8.12. The molecule has 2 aliphatic rings. The molecule has 0 amide bonds. The fourth-order valence-electron chi connectivity index (χ4n) is 4.60. The fraction of sp³-hybridized carbons (Fsp3) is 0.667. The minimum atomic E-state index is 0.545. The van der Waals surface area contributed by atoms with Crippen molar-refractivity contribution >= 4 is 0 Å². The topological polar surface area (TPSA) is 15.3 Å². The Labute approximate surface area is 123 Å². The summed E-state index contributed by atoms with van der Waals surface area (Å²) in [5, 5.41) is 3.60. The van der Waals surface area contributed by atoms with Crippen LogP contribution in [0.2, 0.25) is 0 Å². The van der Waals surface area contributed by atoms with Gasteiger partial charge in [0.15, 0.2) is 0 Å². The maximum absolute atomic E-state index is 3.60. The van der Waals surface area contributed by atoms with Crippen LogP contribution in [0.15, 0.2) is 12.1 Å². The molecule has 2 heterocycles. The first kappa shape index (κ1) is 14.1. The molecule has 3 rings (SSSR count). The summed E-state index contributed by atoms with van der Waals surface area (Å²) in [5.74, 6) is 0.872. The second kappa shape index (κ2) is 5.50. The molecule has 3 unspecified atom stereocenters. The SMILES string of the molecule is Cc1cc(C)c(C(C)N2CCCC3CNCC32)c(C)c1. The van der Waals surface area contributed by atoms with Crippen LogP contribution in [-0.2, 0) is 0 Å². The lowest BCUT2D eigenvalue weighted by atomic mass is 9.87. The molecule has 0 spiro atoms. The van der Waals surface area contributed by atoms with E-state index in [4.69, 9.17) is 0 Å². The highest BCUT2D eigenvalue weighted by Gasteiger charge is 2.37. The van der Waals surface area contributed by atoms with E-state index in [-0.39, 0.29) is 0 Å². The van der Waals surface area contributed by atoms with Crippen LogP contribution in [0, 0.1) is 26.7 Å². The number of rotatable bonds is 2. The third-order valence-corrected chi connectivity index (χ3v) is 5.37. The lowest BCUT2D eigenvalue weighted by Crippen LogP contribution is -2.46. The van der Waals surface area contributed by atoms with Gasteiger partial charge in [-0.05, 0) is 76.2 Å². The third-order valence-electron chi connectivity index (χ3n) is 5.37. The van der Waals surface area contributed by atoms with E-state index in [9.17, 15) is 0 Å². The van der Waals surface area contributed by atoms with Crippen LogP contribution in [0.4, 0.5) is 0 Å². The number of nitrogens with zero attached hydrogens (tertiary/aromatic N) is 1. The summed E-state index contributed by atoms with van der Waals surface area (Å²) < 4.78 is 0. The molecule has 1 aromatic rings. The summed E-state index contributed by atoms with van der Waals surface area (Å²) in [5.41, 5.74) is 5.87. The number of hydrogen-bond acceptors (Lipinski definition) is 2. The average molecular weight is 272 g/mol. The molecule has 0 aliphatic carbocycles. The summed E-state index contributed by atoms with van der Waals surface area (Å²) in [4.78, 5) is 2.76. The smallest absolute Gasteiger partial charge is 0.0328 e. The highest BCUT2D eigenvalue weighted by atomic mass is 15.2. The Morgan fingerprint density at radius 3 is 2.55 bits per heavy atom. The van der Waals surface area contributed by atoms with Crippen LogP contribution in [0.5, 0.6) is 0 Å². The van der Waals surface area contributed by atoms with Gasteiger partial charge >= 0.3 is 0 Å². The molecule has 0 saturated carbocycles. The molecule has 0 aromatic heterocycles. The van der Waals surface area contributed by atoms with E-state index in [0.29, 0.717) is 6.04 Å².